The summed E-state index contributed by atoms with van der Waals surface area (Å²) in [6.07, 6.45) is 16.1. The Morgan fingerprint density at radius 1 is 1.18 bits per heavy atom. The third-order valence-corrected chi connectivity index (χ3v) is 7.77. The van der Waals surface area contributed by atoms with Gasteiger partial charge in [-0.15, -0.1) is 11.8 Å². The first-order valence-corrected chi connectivity index (χ1v) is 13.8. The zero-order valence-electron chi connectivity index (χ0n) is 22.1. The van der Waals surface area contributed by atoms with Crippen molar-refractivity contribution < 1.29 is 15.0 Å². The van der Waals surface area contributed by atoms with Crippen LogP contribution in [0.25, 0.3) is 0 Å². The number of allylic oxidation sites excluding steroid dienone is 2. The lowest BCUT2D eigenvalue weighted by molar-refractivity contribution is -0.131. The van der Waals surface area contributed by atoms with Crippen LogP contribution in [-0.2, 0) is 4.79 Å². The van der Waals surface area contributed by atoms with Crippen LogP contribution in [0.15, 0.2) is 23.8 Å². The largest absolute Gasteiger partial charge is 0.392 e. The predicted molar refractivity (Wildman–Crippen MR) is 141 cm³/mol. The van der Waals surface area contributed by atoms with Crippen molar-refractivity contribution >= 4 is 5.91 Å². The predicted octanol–water partition coefficient (Wildman–Crippen LogP) is 5.89. The minimum Gasteiger partial charge on any atom is -0.392 e. The first-order valence-electron chi connectivity index (χ1n) is 13.8. The summed E-state index contributed by atoms with van der Waals surface area (Å²) in [6, 6.07) is 0. The van der Waals surface area contributed by atoms with Crippen molar-refractivity contribution in [2.75, 3.05) is 13.1 Å². The smallest absolute Gasteiger partial charge is 0.222 e. The van der Waals surface area contributed by atoms with E-state index in [0.29, 0.717) is 30.6 Å². The van der Waals surface area contributed by atoms with Crippen molar-refractivity contribution in [1.82, 2.24) is 4.90 Å². The van der Waals surface area contributed by atoms with Crippen LogP contribution in [0.5, 0.6) is 0 Å². The normalized spacial score (nSPS) is 26.9. The molecule has 2 saturated carbocycles. The Bertz CT molecular complexity index is 723. The molecule has 2 fully saturated rings. The fourth-order valence-electron chi connectivity index (χ4n) is 5.53. The molecule has 4 nitrogen and oxygen atoms in total. The van der Waals surface area contributed by atoms with Crippen LogP contribution in [0.3, 0.4) is 0 Å². The van der Waals surface area contributed by atoms with Crippen LogP contribution in [0.2, 0.25) is 0 Å². The van der Waals surface area contributed by atoms with Crippen molar-refractivity contribution in [2.45, 2.75) is 111 Å². The fraction of sp³-hybridized carbons (Fsp3) is 0.767. The molecule has 2 aliphatic carbocycles. The van der Waals surface area contributed by atoms with Gasteiger partial charge in [0.2, 0.25) is 5.91 Å². The minimum atomic E-state index is -0.518. The van der Waals surface area contributed by atoms with Gasteiger partial charge < -0.3 is 15.1 Å². The van der Waals surface area contributed by atoms with Crippen LogP contribution >= 0.6 is 0 Å². The third kappa shape index (κ3) is 8.90. The molecule has 2 rings (SSSR count). The molecule has 0 saturated heterocycles. The molecule has 6 atom stereocenters. The first kappa shape index (κ1) is 28.7. The van der Waals surface area contributed by atoms with Crippen LogP contribution in [0.1, 0.15) is 98.3 Å². The molecule has 2 N–H and O–H groups in total. The summed E-state index contributed by atoms with van der Waals surface area (Å²) in [5.41, 5.74) is 1.49. The number of carbonyl (C=O) groups excluding carboxylic acids is 1. The molecule has 0 radical (unpaired) electrons. The maximum Gasteiger partial charge on any atom is 0.222 e. The quantitative estimate of drug-likeness (QED) is 0.189. The number of carbonyl (C=O) groups is 1. The Hall–Kier alpha value is -1.57. The van der Waals surface area contributed by atoms with E-state index < -0.39 is 6.10 Å². The van der Waals surface area contributed by atoms with E-state index in [-0.39, 0.29) is 17.9 Å². The minimum absolute atomic E-state index is 0.0969. The molecule has 0 heterocycles. The number of amides is 1. The maximum atomic E-state index is 12.7. The van der Waals surface area contributed by atoms with Crippen molar-refractivity contribution in [3.05, 3.63) is 23.8 Å². The van der Waals surface area contributed by atoms with Crippen molar-refractivity contribution in [2.24, 2.45) is 23.7 Å². The van der Waals surface area contributed by atoms with E-state index in [1.807, 2.05) is 19.9 Å². The molecule has 4 heteroatoms. The van der Waals surface area contributed by atoms with Crippen molar-refractivity contribution in [1.29, 1.82) is 0 Å². The summed E-state index contributed by atoms with van der Waals surface area (Å²) in [5.74, 6) is 7.47. The van der Waals surface area contributed by atoms with E-state index in [1.54, 1.807) is 0 Å². The standard InChI is InChI=1S/C30H49NO3/c1-5-8-13-23(4)28(32)17-16-26-27-21-24(20-25(27)22-29(26)33)14-11-12-15-30(34)31(18-9-6-2)19-10-7-3/h14,16-17,23,25-29,32-33H,6-7,9-13,15,18-22H2,1-4H3/t23-,25+,26-,27+,28-,29-/m1/s1. The van der Waals surface area contributed by atoms with Gasteiger partial charge in [-0.1, -0.05) is 57.4 Å². The van der Waals surface area contributed by atoms with E-state index in [9.17, 15) is 15.0 Å². The zero-order chi connectivity index (χ0) is 24.9. The van der Waals surface area contributed by atoms with Crippen molar-refractivity contribution in [3.63, 3.8) is 0 Å². The second-order valence-corrected chi connectivity index (χ2v) is 10.5. The molecule has 192 valence electrons. The third-order valence-electron chi connectivity index (χ3n) is 7.77. The average molecular weight is 472 g/mol. The molecule has 0 aromatic heterocycles. The van der Waals surface area contributed by atoms with Crippen molar-refractivity contribution in [3.8, 4) is 11.8 Å². The number of aliphatic hydroxyl groups is 2. The first-order chi connectivity index (χ1) is 16.4. The summed E-state index contributed by atoms with van der Waals surface area (Å²) in [5, 5.41) is 21.0. The number of hydrogen-bond acceptors (Lipinski definition) is 3. The van der Waals surface area contributed by atoms with E-state index in [1.165, 1.54) is 5.57 Å². The Kier molecular flexibility index (Phi) is 13.0. The van der Waals surface area contributed by atoms with Gasteiger partial charge >= 0.3 is 0 Å². The molecule has 34 heavy (non-hydrogen) atoms. The van der Waals surface area contributed by atoms with E-state index >= 15 is 0 Å². The van der Waals surface area contributed by atoms with Crippen LogP contribution in [-0.4, -0.2) is 46.3 Å². The monoisotopic (exact) mass is 471 g/mol. The van der Waals surface area contributed by atoms with E-state index in [2.05, 4.69) is 42.7 Å². The second-order valence-electron chi connectivity index (χ2n) is 10.5. The number of unbranched alkanes of at least 4 members (excludes halogenated alkanes) is 3. The lowest BCUT2D eigenvalue weighted by atomic mass is 9.89. The van der Waals surface area contributed by atoms with Gasteiger partial charge in [-0.2, -0.15) is 0 Å². The SMILES string of the molecule is CC#CC[C@@H](C)[C@H](O)C=C[C@@H]1[C@H]2CC(=CCCCC(=O)N(CCCC)CCCC)C[C@H]2C[C@H]1O. The molecule has 0 spiro atoms. The zero-order valence-corrected chi connectivity index (χ0v) is 22.1. The van der Waals surface area contributed by atoms with Gasteiger partial charge in [-0.25, -0.2) is 0 Å². The lowest BCUT2D eigenvalue weighted by Gasteiger charge is -2.22. The molecule has 0 unspecified atom stereocenters. The van der Waals surface area contributed by atoms with Gasteiger partial charge in [0, 0.05) is 31.8 Å². The topological polar surface area (TPSA) is 60.8 Å². The van der Waals surface area contributed by atoms with Gasteiger partial charge in [0.1, 0.15) is 0 Å². The molecule has 0 aromatic rings. The maximum absolute atomic E-state index is 12.7. The Morgan fingerprint density at radius 3 is 2.53 bits per heavy atom. The highest BCUT2D eigenvalue weighted by molar-refractivity contribution is 5.76. The fourth-order valence-corrected chi connectivity index (χ4v) is 5.53. The number of hydrogen-bond donors (Lipinski definition) is 2. The highest BCUT2D eigenvalue weighted by Crippen LogP contribution is 2.50. The summed E-state index contributed by atoms with van der Waals surface area (Å²) in [7, 11) is 0. The van der Waals surface area contributed by atoms with Gasteiger partial charge in [-0.05, 0) is 69.6 Å². The highest BCUT2D eigenvalue weighted by atomic mass is 16.3. The number of nitrogens with zero attached hydrogens (tertiary/aromatic N) is 1. The highest BCUT2D eigenvalue weighted by Gasteiger charge is 2.45. The van der Waals surface area contributed by atoms with Gasteiger partial charge in [0.05, 0.1) is 12.2 Å². The molecule has 0 bridgehead atoms. The van der Waals surface area contributed by atoms with E-state index in [4.69, 9.17) is 0 Å². The summed E-state index contributed by atoms with van der Waals surface area (Å²) < 4.78 is 0. The van der Waals surface area contributed by atoms with Crippen LogP contribution in [0, 0.1) is 35.5 Å². The Labute approximate surface area is 208 Å². The molecule has 0 aliphatic heterocycles. The Balaban J connectivity index is 1.82. The lowest BCUT2D eigenvalue weighted by Crippen LogP contribution is -2.32. The van der Waals surface area contributed by atoms with Gasteiger partial charge in [-0.3, -0.25) is 4.79 Å². The van der Waals surface area contributed by atoms with Gasteiger partial charge in [0.15, 0.2) is 0 Å². The summed E-state index contributed by atoms with van der Waals surface area (Å²) >= 11 is 0. The number of aliphatic hydroxyl groups excluding tert-OH is 2. The molecular formula is C30H49NO3. The Morgan fingerprint density at radius 2 is 1.88 bits per heavy atom. The van der Waals surface area contributed by atoms with Crippen LogP contribution < -0.4 is 0 Å². The molecular weight excluding hydrogens is 422 g/mol. The molecule has 1 amide bonds. The number of fused-ring (bicyclic) bond motifs is 1. The molecule has 0 aromatic carbocycles. The summed E-state index contributed by atoms with van der Waals surface area (Å²) in [4.78, 5) is 14.7. The number of rotatable bonds is 14. The van der Waals surface area contributed by atoms with E-state index in [0.717, 1.165) is 70.9 Å². The summed E-state index contributed by atoms with van der Waals surface area (Å²) in [6.45, 7) is 9.99. The second kappa shape index (κ2) is 15.4. The van der Waals surface area contributed by atoms with Crippen LogP contribution in [0.4, 0.5) is 0 Å². The van der Waals surface area contributed by atoms with Gasteiger partial charge in [0.25, 0.3) is 0 Å². The average Bonchev–Trinajstić information content (AvgIpc) is 3.34. The molecule has 2 aliphatic rings.